The lowest BCUT2D eigenvalue weighted by molar-refractivity contribution is -0.142. The van der Waals surface area contributed by atoms with E-state index in [0.29, 0.717) is 12.1 Å². The summed E-state index contributed by atoms with van der Waals surface area (Å²) in [5, 5.41) is 2.53. The zero-order valence-corrected chi connectivity index (χ0v) is 8.69. The van der Waals surface area contributed by atoms with Crippen LogP contribution in [0.1, 0.15) is 18.4 Å². The fraction of sp³-hybridized carbons (Fsp3) is 0.273. The maximum atomic E-state index is 11.3. The number of amides is 1. The average molecular weight is 207 g/mol. The van der Waals surface area contributed by atoms with Gasteiger partial charge in [-0.3, -0.25) is 9.59 Å². The molecule has 80 valence electrons. The van der Waals surface area contributed by atoms with E-state index < -0.39 is 0 Å². The Morgan fingerprint density at radius 2 is 2.27 bits per heavy atom. The molecular weight excluding hydrogens is 194 g/mol. The molecule has 0 aliphatic carbocycles. The van der Waals surface area contributed by atoms with E-state index in [1.165, 1.54) is 7.11 Å². The average Bonchev–Trinajstić information content (AvgIpc) is 2.28. The van der Waals surface area contributed by atoms with Gasteiger partial charge in [-0.1, -0.05) is 12.1 Å². The Morgan fingerprint density at radius 1 is 1.53 bits per heavy atom. The highest BCUT2D eigenvalue weighted by Crippen LogP contribution is 2.19. The second-order valence-electron chi connectivity index (χ2n) is 3.13. The molecular formula is C11H13NO3. The van der Waals surface area contributed by atoms with E-state index in [4.69, 9.17) is 0 Å². The number of nitrogens with one attached hydrogen (secondary N) is 1. The standard InChI is InChI=1S/C11H13NO3/c1-8(11(14)15-2)9-4-3-5-10(6-9)12-7-13/h3-8H,1-2H3,(H,12,13). The number of anilines is 1. The monoisotopic (exact) mass is 207 g/mol. The zero-order valence-electron chi connectivity index (χ0n) is 8.69. The van der Waals surface area contributed by atoms with Crippen molar-refractivity contribution in [2.75, 3.05) is 12.4 Å². The van der Waals surface area contributed by atoms with Crippen molar-refractivity contribution in [3.05, 3.63) is 29.8 Å². The minimum Gasteiger partial charge on any atom is -0.469 e. The molecule has 0 radical (unpaired) electrons. The van der Waals surface area contributed by atoms with Crippen LogP contribution in [-0.2, 0) is 14.3 Å². The van der Waals surface area contributed by atoms with Crippen molar-refractivity contribution in [3.8, 4) is 0 Å². The number of ether oxygens (including phenoxy) is 1. The topological polar surface area (TPSA) is 55.4 Å². The second kappa shape index (κ2) is 5.14. The Morgan fingerprint density at radius 3 is 2.87 bits per heavy atom. The summed E-state index contributed by atoms with van der Waals surface area (Å²) >= 11 is 0. The van der Waals surface area contributed by atoms with Crippen LogP contribution >= 0.6 is 0 Å². The lowest BCUT2D eigenvalue weighted by Gasteiger charge is -2.10. The van der Waals surface area contributed by atoms with E-state index >= 15 is 0 Å². The zero-order chi connectivity index (χ0) is 11.3. The number of hydrogen-bond donors (Lipinski definition) is 1. The molecule has 0 bridgehead atoms. The van der Waals surface area contributed by atoms with Crippen LogP contribution in [0.4, 0.5) is 5.69 Å². The largest absolute Gasteiger partial charge is 0.469 e. The van der Waals surface area contributed by atoms with Gasteiger partial charge in [0.2, 0.25) is 6.41 Å². The summed E-state index contributed by atoms with van der Waals surface area (Å²) in [7, 11) is 1.35. The number of benzene rings is 1. The van der Waals surface area contributed by atoms with Gasteiger partial charge >= 0.3 is 5.97 Å². The molecule has 0 fully saturated rings. The third kappa shape index (κ3) is 2.80. The van der Waals surface area contributed by atoms with Crippen LogP contribution in [0, 0.1) is 0 Å². The van der Waals surface area contributed by atoms with Gasteiger partial charge in [-0.05, 0) is 24.6 Å². The minimum absolute atomic E-state index is 0.293. The molecule has 0 saturated carbocycles. The van der Waals surface area contributed by atoms with E-state index in [2.05, 4.69) is 10.1 Å². The van der Waals surface area contributed by atoms with Gasteiger partial charge in [-0.2, -0.15) is 0 Å². The van der Waals surface area contributed by atoms with E-state index in [0.717, 1.165) is 5.56 Å². The lowest BCUT2D eigenvalue weighted by Crippen LogP contribution is -2.10. The van der Waals surface area contributed by atoms with Crippen molar-refractivity contribution in [3.63, 3.8) is 0 Å². The summed E-state index contributed by atoms with van der Waals surface area (Å²) in [6.45, 7) is 1.76. The highest BCUT2D eigenvalue weighted by Gasteiger charge is 2.15. The van der Waals surface area contributed by atoms with Crippen molar-refractivity contribution in [1.29, 1.82) is 0 Å². The molecule has 0 spiro atoms. The molecule has 1 aromatic rings. The molecule has 1 aromatic carbocycles. The molecule has 0 aromatic heterocycles. The van der Waals surface area contributed by atoms with Crippen molar-refractivity contribution in [1.82, 2.24) is 0 Å². The van der Waals surface area contributed by atoms with Crippen LogP contribution in [-0.4, -0.2) is 19.5 Å². The third-order valence-corrected chi connectivity index (χ3v) is 2.17. The third-order valence-electron chi connectivity index (χ3n) is 2.17. The SMILES string of the molecule is COC(=O)C(C)c1cccc(NC=O)c1. The Bertz CT molecular complexity index is 363. The van der Waals surface area contributed by atoms with E-state index in [1.54, 1.807) is 25.1 Å². The van der Waals surface area contributed by atoms with Crippen LogP contribution in [0.15, 0.2) is 24.3 Å². The lowest BCUT2D eigenvalue weighted by atomic mass is 10.0. The van der Waals surface area contributed by atoms with Crippen molar-refractivity contribution in [2.24, 2.45) is 0 Å². The molecule has 1 atom stereocenters. The number of rotatable bonds is 4. The minimum atomic E-state index is -0.330. The summed E-state index contributed by atoms with van der Waals surface area (Å²) in [6.07, 6.45) is 0.599. The van der Waals surface area contributed by atoms with E-state index in [-0.39, 0.29) is 11.9 Å². The highest BCUT2D eigenvalue weighted by atomic mass is 16.5. The summed E-state index contributed by atoms with van der Waals surface area (Å²) in [6, 6.07) is 7.09. The van der Waals surface area contributed by atoms with Gasteiger partial charge in [-0.15, -0.1) is 0 Å². The van der Waals surface area contributed by atoms with Crippen molar-refractivity contribution < 1.29 is 14.3 Å². The van der Waals surface area contributed by atoms with Crippen LogP contribution < -0.4 is 5.32 Å². The Labute approximate surface area is 88.2 Å². The molecule has 1 amide bonds. The first-order valence-corrected chi connectivity index (χ1v) is 4.57. The van der Waals surface area contributed by atoms with Gasteiger partial charge in [0.1, 0.15) is 0 Å². The number of esters is 1. The Kier molecular flexibility index (Phi) is 3.85. The second-order valence-corrected chi connectivity index (χ2v) is 3.13. The fourth-order valence-electron chi connectivity index (χ4n) is 1.28. The first-order valence-electron chi connectivity index (χ1n) is 4.57. The molecule has 0 aliphatic heterocycles. The van der Waals surface area contributed by atoms with Gasteiger partial charge in [0.15, 0.2) is 0 Å². The smallest absolute Gasteiger partial charge is 0.312 e. The molecule has 15 heavy (non-hydrogen) atoms. The van der Waals surface area contributed by atoms with E-state index in [1.807, 2.05) is 6.07 Å². The molecule has 1 unspecified atom stereocenters. The predicted molar refractivity (Wildman–Crippen MR) is 56.6 cm³/mol. The van der Waals surface area contributed by atoms with Crippen molar-refractivity contribution in [2.45, 2.75) is 12.8 Å². The van der Waals surface area contributed by atoms with Gasteiger partial charge in [0, 0.05) is 5.69 Å². The van der Waals surface area contributed by atoms with Gasteiger partial charge < -0.3 is 10.1 Å². The summed E-state index contributed by atoms with van der Waals surface area (Å²) in [4.78, 5) is 21.5. The molecule has 4 nitrogen and oxygen atoms in total. The van der Waals surface area contributed by atoms with Crippen LogP contribution in [0.2, 0.25) is 0 Å². The molecule has 0 heterocycles. The number of carbonyl (C=O) groups is 2. The van der Waals surface area contributed by atoms with Gasteiger partial charge in [0.25, 0.3) is 0 Å². The molecule has 0 saturated heterocycles. The first kappa shape index (κ1) is 11.2. The highest BCUT2D eigenvalue weighted by molar-refractivity contribution is 5.79. The Hall–Kier alpha value is -1.84. The normalized spacial score (nSPS) is 11.6. The number of methoxy groups -OCH3 is 1. The van der Waals surface area contributed by atoms with Crippen molar-refractivity contribution >= 4 is 18.1 Å². The summed E-state index contributed by atoms with van der Waals surface area (Å²) < 4.78 is 4.64. The van der Waals surface area contributed by atoms with Crippen LogP contribution in [0.25, 0.3) is 0 Å². The maximum absolute atomic E-state index is 11.3. The predicted octanol–water partition coefficient (Wildman–Crippen LogP) is 1.53. The number of hydrogen-bond acceptors (Lipinski definition) is 3. The van der Waals surface area contributed by atoms with Crippen LogP contribution in [0.5, 0.6) is 0 Å². The number of carbonyl (C=O) groups excluding carboxylic acids is 2. The summed E-state index contributed by atoms with van der Waals surface area (Å²) in [5.74, 6) is -0.623. The van der Waals surface area contributed by atoms with Crippen LogP contribution in [0.3, 0.4) is 0 Å². The molecule has 0 aliphatic rings. The first-order chi connectivity index (χ1) is 7.19. The Balaban J connectivity index is 2.89. The van der Waals surface area contributed by atoms with E-state index in [9.17, 15) is 9.59 Å². The quantitative estimate of drug-likeness (QED) is 0.601. The molecule has 1 N–H and O–H groups in total. The fourth-order valence-corrected chi connectivity index (χ4v) is 1.28. The molecule has 1 rings (SSSR count). The van der Waals surface area contributed by atoms with Gasteiger partial charge in [0.05, 0.1) is 13.0 Å². The van der Waals surface area contributed by atoms with Gasteiger partial charge in [-0.25, -0.2) is 0 Å². The molecule has 4 heteroatoms. The summed E-state index contributed by atoms with van der Waals surface area (Å²) in [5.41, 5.74) is 1.48. The maximum Gasteiger partial charge on any atom is 0.312 e.